The Balaban J connectivity index is 1.62. The molecule has 0 radical (unpaired) electrons. The highest BCUT2D eigenvalue weighted by Gasteiger charge is 2.30. The fourth-order valence-corrected chi connectivity index (χ4v) is 3.98. The Morgan fingerprint density at radius 1 is 0.824 bits per heavy atom. The maximum atomic E-state index is 13.1. The van der Waals surface area contributed by atoms with E-state index in [-0.39, 0.29) is 11.5 Å². The summed E-state index contributed by atoms with van der Waals surface area (Å²) in [6.45, 7) is 6.44. The number of methoxy groups -OCH3 is 3. The molecule has 3 aromatic carbocycles. The van der Waals surface area contributed by atoms with Gasteiger partial charge in [-0.05, 0) is 55.7 Å². The van der Waals surface area contributed by atoms with E-state index >= 15 is 0 Å². The Morgan fingerprint density at radius 3 is 2.24 bits per heavy atom. The van der Waals surface area contributed by atoms with E-state index in [0.717, 1.165) is 11.1 Å². The molecule has 6 nitrogen and oxygen atoms in total. The minimum atomic E-state index is -0.189. The lowest BCUT2D eigenvalue weighted by Crippen LogP contribution is -2.01. The van der Waals surface area contributed by atoms with Crippen molar-refractivity contribution in [3.63, 3.8) is 0 Å². The molecule has 1 aliphatic rings. The van der Waals surface area contributed by atoms with Crippen LogP contribution in [0.15, 0.2) is 48.2 Å². The molecule has 0 spiro atoms. The van der Waals surface area contributed by atoms with Crippen LogP contribution in [0.5, 0.6) is 28.7 Å². The van der Waals surface area contributed by atoms with Crippen LogP contribution in [0.25, 0.3) is 6.08 Å². The quantitative estimate of drug-likeness (QED) is 0.413. The van der Waals surface area contributed by atoms with Gasteiger partial charge in [0.1, 0.15) is 23.9 Å². The van der Waals surface area contributed by atoms with Gasteiger partial charge in [0.05, 0.1) is 26.9 Å². The Labute approximate surface area is 199 Å². The summed E-state index contributed by atoms with van der Waals surface area (Å²) >= 11 is 0. The minimum absolute atomic E-state index is 0.189. The largest absolute Gasteiger partial charge is 0.496 e. The summed E-state index contributed by atoms with van der Waals surface area (Å²) in [5.41, 5.74) is 5.44. The Morgan fingerprint density at radius 2 is 1.53 bits per heavy atom. The molecule has 0 bridgehead atoms. The molecule has 0 saturated heterocycles. The van der Waals surface area contributed by atoms with Crippen LogP contribution < -0.4 is 23.7 Å². The van der Waals surface area contributed by atoms with Crippen LogP contribution in [0, 0.1) is 20.8 Å². The molecular formula is C28H28O6. The smallest absolute Gasteiger partial charge is 0.232 e. The van der Waals surface area contributed by atoms with Crippen LogP contribution in [0.2, 0.25) is 0 Å². The highest BCUT2D eigenvalue weighted by molar-refractivity contribution is 6.15. The third-order valence-corrected chi connectivity index (χ3v) is 5.87. The second kappa shape index (κ2) is 9.51. The summed E-state index contributed by atoms with van der Waals surface area (Å²) in [5.74, 6) is 2.73. The molecule has 0 amide bonds. The van der Waals surface area contributed by atoms with E-state index in [4.69, 9.17) is 23.7 Å². The Kier molecular flexibility index (Phi) is 6.50. The standard InChI is InChI=1S/C28H28O6/c1-16-7-8-17(2)20(9-16)15-33-21-10-18(3)27-25(13-21)34-26(28(27)29)12-19-11-23(31-5)24(32-6)14-22(19)30-4/h7-14H,15H2,1-6H3/b26-12-. The Hall–Kier alpha value is -3.93. The minimum Gasteiger partial charge on any atom is -0.496 e. The maximum Gasteiger partial charge on any atom is 0.232 e. The molecule has 0 saturated carbocycles. The number of Topliss-reactive ketones (excluding diaryl/α,β-unsaturated/α-hetero) is 1. The normalized spacial score (nSPS) is 13.5. The lowest BCUT2D eigenvalue weighted by atomic mass is 10.0. The van der Waals surface area contributed by atoms with Crippen LogP contribution in [-0.2, 0) is 6.61 Å². The molecule has 0 aliphatic carbocycles. The second-order valence-corrected chi connectivity index (χ2v) is 8.22. The molecule has 0 fully saturated rings. The predicted molar refractivity (Wildman–Crippen MR) is 130 cm³/mol. The zero-order valence-corrected chi connectivity index (χ0v) is 20.3. The van der Waals surface area contributed by atoms with Gasteiger partial charge in [-0.2, -0.15) is 0 Å². The van der Waals surface area contributed by atoms with Crippen LogP contribution in [0.3, 0.4) is 0 Å². The summed E-state index contributed by atoms with van der Waals surface area (Å²) in [6.07, 6.45) is 1.65. The van der Waals surface area contributed by atoms with Gasteiger partial charge < -0.3 is 23.7 Å². The predicted octanol–water partition coefficient (Wildman–Crippen LogP) is 5.83. The number of ketones is 1. The van der Waals surface area contributed by atoms with Gasteiger partial charge in [0.15, 0.2) is 17.3 Å². The van der Waals surface area contributed by atoms with Crippen molar-refractivity contribution in [3.8, 4) is 28.7 Å². The van der Waals surface area contributed by atoms with E-state index in [1.807, 2.05) is 13.0 Å². The van der Waals surface area contributed by atoms with Gasteiger partial charge >= 0.3 is 0 Å². The molecule has 0 unspecified atom stereocenters. The van der Waals surface area contributed by atoms with Crippen LogP contribution in [-0.4, -0.2) is 27.1 Å². The fourth-order valence-electron chi connectivity index (χ4n) is 3.98. The van der Waals surface area contributed by atoms with Crippen LogP contribution >= 0.6 is 0 Å². The van der Waals surface area contributed by atoms with Gasteiger partial charge in [-0.1, -0.05) is 23.8 Å². The number of fused-ring (bicyclic) bond motifs is 1. The van der Waals surface area contributed by atoms with Gasteiger partial charge in [-0.15, -0.1) is 0 Å². The van der Waals surface area contributed by atoms with E-state index < -0.39 is 0 Å². The van der Waals surface area contributed by atoms with Crippen molar-refractivity contribution in [2.75, 3.05) is 21.3 Å². The summed E-state index contributed by atoms with van der Waals surface area (Å²) in [5, 5.41) is 0. The van der Waals surface area contributed by atoms with Crippen molar-refractivity contribution < 1.29 is 28.5 Å². The van der Waals surface area contributed by atoms with Crippen LogP contribution in [0.1, 0.15) is 38.2 Å². The highest BCUT2D eigenvalue weighted by atomic mass is 16.5. The average molecular weight is 461 g/mol. The molecule has 1 heterocycles. The summed E-state index contributed by atoms with van der Waals surface area (Å²) in [4.78, 5) is 13.1. The average Bonchev–Trinajstić information content (AvgIpc) is 3.14. The lowest BCUT2D eigenvalue weighted by molar-refractivity contribution is 0.101. The fraction of sp³-hybridized carbons (Fsp3) is 0.250. The van der Waals surface area contributed by atoms with Crippen molar-refractivity contribution >= 4 is 11.9 Å². The van der Waals surface area contributed by atoms with E-state index in [2.05, 4.69) is 32.0 Å². The number of carbonyl (C=O) groups is 1. The van der Waals surface area contributed by atoms with Crippen molar-refractivity contribution in [2.24, 2.45) is 0 Å². The third kappa shape index (κ3) is 4.44. The van der Waals surface area contributed by atoms with Crippen molar-refractivity contribution in [2.45, 2.75) is 27.4 Å². The third-order valence-electron chi connectivity index (χ3n) is 5.87. The summed E-state index contributed by atoms with van der Waals surface area (Å²) in [7, 11) is 4.66. The number of hydrogen-bond donors (Lipinski definition) is 0. The highest BCUT2D eigenvalue weighted by Crippen LogP contribution is 2.40. The molecule has 6 heteroatoms. The number of benzene rings is 3. The van der Waals surface area contributed by atoms with E-state index in [1.54, 1.807) is 45.6 Å². The molecule has 3 aromatic rings. The van der Waals surface area contributed by atoms with Gasteiger partial charge in [0.2, 0.25) is 5.78 Å². The zero-order valence-electron chi connectivity index (χ0n) is 20.3. The summed E-state index contributed by atoms with van der Waals surface area (Å²) < 4.78 is 28.2. The zero-order chi connectivity index (χ0) is 24.4. The topological polar surface area (TPSA) is 63.2 Å². The van der Waals surface area contributed by atoms with Gasteiger partial charge in [0, 0.05) is 17.7 Å². The second-order valence-electron chi connectivity index (χ2n) is 8.22. The maximum absolute atomic E-state index is 13.1. The first-order valence-electron chi connectivity index (χ1n) is 10.9. The van der Waals surface area contributed by atoms with Crippen molar-refractivity contribution in [3.05, 3.63) is 81.6 Å². The number of allylic oxidation sites excluding steroid dienone is 1. The van der Waals surface area contributed by atoms with Crippen molar-refractivity contribution in [1.29, 1.82) is 0 Å². The van der Waals surface area contributed by atoms with E-state index in [0.29, 0.717) is 46.5 Å². The molecule has 34 heavy (non-hydrogen) atoms. The molecule has 1 aliphatic heterocycles. The number of rotatable bonds is 7. The van der Waals surface area contributed by atoms with E-state index in [1.165, 1.54) is 11.1 Å². The monoisotopic (exact) mass is 460 g/mol. The SMILES string of the molecule is COc1cc(OC)c(OC)cc1/C=C1\Oc2cc(OCc3cc(C)ccc3C)cc(C)c2C1=O. The van der Waals surface area contributed by atoms with E-state index in [9.17, 15) is 4.79 Å². The van der Waals surface area contributed by atoms with Crippen molar-refractivity contribution in [1.82, 2.24) is 0 Å². The molecule has 4 rings (SSSR count). The number of carbonyl (C=O) groups excluding carboxylic acids is 1. The molecule has 0 N–H and O–H groups in total. The number of hydrogen-bond acceptors (Lipinski definition) is 6. The van der Waals surface area contributed by atoms with Gasteiger partial charge in [0.25, 0.3) is 0 Å². The molecular weight excluding hydrogens is 432 g/mol. The first-order chi connectivity index (χ1) is 16.3. The first kappa shape index (κ1) is 23.2. The Bertz CT molecular complexity index is 1290. The molecule has 176 valence electrons. The number of aryl methyl sites for hydroxylation is 3. The van der Waals surface area contributed by atoms with Gasteiger partial charge in [-0.25, -0.2) is 0 Å². The number of ether oxygens (including phenoxy) is 5. The van der Waals surface area contributed by atoms with Gasteiger partial charge in [-0.3, -0.25) is 4.79 Å². The lowest BCUT2D eigenvalue weighted by Gasteiger charge is -2.12. The molecule has 0 aromatic heterocycles. The van der Waals surface area contributed by atoms with Crippen LogP contribution in [0.4, 0.5) is 0 Å². The summed E-state index contributed by atoms with van der Waals surface area (Å²) in [6, 6.07) is 13.4. The molecule has 0 atom stereocenters. The first-order valence-corrected chi connectivity index (χ1v) is 10.9.